The standard InChI is InChI=1S/C84H63B3N6/c1-5-55-44-46-67-73(48-55)92-77-52-63(88(57-28-12-6-13-29-57)58-30-14-7-15-31-58)50-75-79(77)86(65-40-24-26-42-71(65)90(75)61-36-20-10-21-37-61)69-54-70-83-81(82(69)92)85(67)68-47-45-56(84(2,3)4)49-74(68)93(83)78-53-64(89(59-32-16-8-17-33-59)60-34-18-9-19-35-60)51-76-80(78)87(70)66-41-25-27-43-72(66)91(76)62-38-22-11-23-39-62/h6-54H,5H2,1-4H3. The van der Waals surface area contributed by atoms with Crippen LogP contribution in [0.1, 0.15) is 38.8 Å². The van der Waals surface area contributed by atoms with E-state index in [0.29, 0.717) is 0 Å². The first-order valence-corrected chi connectivity index (χ1v) is 32.9. The number of aryl methyl sites for hydroxylation is 1. The highest BCUT2D eigenvalue weighted by molar-refractivity contribution is 7.07. The molecule has 0 saturated carbocycles. The van der Waals surface area contributed by atoms with Crippen LogP contribution in [0.15, 0.2) is 297 Å². The van der Waals surface area contributed by atoms with E-state index in [1.165, 1.54) is 117 Å². The summed E-state index contributed by atoms with van der Waals surface area (Å²) in [6.07, 6.45) is 0.909. The van der Waals surface area contributed by atoms with Gasteiger partial charge in [-0.3, -0.25) is 0 Å². The van der Waals surface area contributed by atoms with Crippen molar-refractivity contribution in [1.82, 2.24) is 0 Å². The first-order chi connectivity index (χ1) is 45.8. The van der Waals surface area contributed by atoms with Crippen molar-refractivity contribution in [2.45, 2.75) is 39.5 Å². The average Bonchev–Trinajstić information content (AvgIpc) is 0.659. The smallest absolute Gasteiger partial charge is 0.252 e. The second kappa shape index (κ2) is 20.4. The van der Waals surface area contributed by atoms with Crippen LogP contribution in [0, 0.1) is 0 Å². The Kier molecular flexibility index (Phi) is 11.8. The van der Waals surface area contributed by atoms with E-state index in [9.17, 15) is 0 Å². The third-order valence-electron chi connectivity index (χ3n) is 20.6. The van der Waals surface area contributed by atoms with Gasteiger partial charge in [-0.15, -0.1) is 0 Å². The second-order valence-corrected chi connectivity index (χ2v) is 26.7. The van der Waals surface area contributed by atoms with E-state index in [1.54, 1.807) is 0 Å². The first-order valence-electron chi connectivity index (χ1n) is 32.9. The molecule has 13 aromatic rings. The fourth-order valence-electron chi connectivity index (χ4n) is 16.7. The lowest BCUT2D eigenvalue weighted by molar-refractivity contribution is 0.590. The lowest BCUT2D eigenvalue weighted by atomic mass is 9.25. The number of benzene rings is 13. The highest BCUT2D eigenvalue weighted by Gasteiger charge is 2.55. The number of hydrogen-bond acceptors (Lipinski definition) is 6. The zero-order valence-electron chi connectivity index (χ0n) is 52.4. The molecule has 0 bridgehead atoms. The predicted molar refractivity (Wildman–Crippen MR) is 397 cm³/mol. The van der Waals surface area contributed by atoms with Crippen molar-refractivity contribution in [3.05, 3.63) is 308 Å². The number of rotatable bonds is 9. The average molecular weight is 1190 g/mol. The summed E-state index contributed by atoms with van der Waals surface area (Å²) in [5, 5.41) is 0. The minimum atomic E-state index is -0.145. The van der Waals surface area contributed by atoms with Gasteiger partial charge in [-0.05, 0) is 193 Å². The van der Waals surface area contributed by atoms with E-state index in [1.807, 2.05) is 0 Å². The number of nitrogens with zero attached hydrogens (tertiary/aromatic N) is 6. The highest BCUT2D eigenvalue weighted by atomic mass is 15.2. The van der Waals surface area contributed by atoms with Crippen molar-refractivity contribution in [2.75, 3.05) is 29.4 Å². The van der Waals surface area contributed by atoms with Gasteiger partial charge >= 0.3 is 0 Å². The molecule has 19 rings (SSSR count). The zero-order valence-corrected chi connectivity index (χ0v) is 52.4. The van der Waals surface area contributed by atoms with Gasteiger partial charge in [0, 0.05) is 91.0 Å². The molecule has 0 amide bonds. The van der Waals surface area contributed by atoms with Crippen molar-refractivity contribution in [2.24, 2.45) is 0 Å². The molecule has 0 N–H and O–H groups in total. The molecular weight excluding hydrogens is 1130 g/mol. The summed E-state index contributed by atoms with van der Waals surface area (Å²) in [7, 11) is 0. The Morgan fingerprint density at radius 1 is 0.280 bits per heavy atom. The summed E-state index contributed by atoms with van der Waals surface area (Å²) >= 11 is 0. The quantitative estimate of drug-likeness (QED) is 0.133. The molecule has 0 aromatic heterocycles. The van der Waals surface area contributed by atoms with Crippen LogP contribution in [-0.2, 0) is 11.8 Å². The van der Waals surface area contributed by atoms with Gasteiger partial charge in [0.1, 0.15) is 0 Å². The maximum atomic E-state index is 2.76. The van der Waals surface area contributed by atoms with Crippen molar-refractivity contribution < 1.29 is 0 Å². The molecule has 6 heterocycles. The molecule has 13 aromatic carbocycles. The van der Waals surface area contributed by atoms with E-state index in [2.05, 4.69) is 354 Å². The van der Waals surface area contributed by atoms with Gasteiger partial charge in [0.25, 0.3) is 20.1 Å². The van der Waals surface area contributed by atoms with Gasteiger partial charge in [0.05, 0.1) is 11.4 Å². The molecule has 0 spiro atoms. The topological polar surface area (TPSA) is 19.4 Å². The Morgan fingerprint density at radius 3 is 1.03 bits per heavy atom. The minimum absolute atomic E-state index is 0.103. The fourth-order valence-corrected chi connectivity index (χ4v) is 16.7. The SMILES string of the molecule is CCc1ccc2c(c1)N1c3cc(N(c4ccccc4)c4ccccc4)cc4c3B(c3ccccc3N4c3ccccc3)c3cc4c5c(c31)B2c1ccc(C(C)(C)C)cc1N5c1cc(N(c2ccccc2)c2ccccc2)cc2c1B4c1ccccc1N2c1ccccc1. The third-order valence-corrected chi connectivity index (χ3v) is 20.6. The summed E-state index contributed by atoms with van der Waals surface area (Å²) < 4.78 is 0. The Labute approximate surface area is 545 Å². The van der Waals surface area contributed by atoms with Gasteiger partial charge in [0.2, 0.25) is 0 Å². The summed E-state index contributed by atoms with van der Waals surface area (Å²) in [6.45, 7) is 9.02. The second-order valence-electron chi connectivity index (χ2n) is 26.7. The Balaban J connectivity index is 0.982. The molecule has 0 radical (unpaired) electrons. The normalized spacial score (nSPS) is 13.7. The summed E-state index contributed by atoms with van der Waals surface area (Å²) in [4.78, 5) is 15.5. The van der Waals surface area contributed by atoms with E-state index in [-0.39, 0.29) is 25.6 Å². The largest absolute Gasteiger partial charge is 0.312 e. The summed E-state index contributed by atoms with van der Waals surface area (Å²) in [5.74, 6) is 0. The van der Waals surface area contributed by atoms with Crippen LogP contribution >= 0.6 is 0 Å². The molecule has 438 valence electrons. The van der Waals surface area contributed by atoms with Crippen molar-refractivity contribution in [3.8, 4) is 0 Å². The minimum Gasteiger partial charge on any atom is -0.312 e. The molecule has 6 aliphatic rings. The van der Waals surface area contributed by atoms with Crippen molar-refractivity contribution in [1.29, 1.82) is 0 Å². The van der Waals surface area contributed by atoms with E-state index < -0.39 is 0 Å². The fraction of sp³-hybridized carbons (Fsp3) is 0.0714. The molecule has 0 fully saturated rings. The predicted octanol–water partition coefficient (Wildman–Crippen LogP) is 15.8. The van der Waals surface area contributed by atoms with Crippen LogP contribution in [0.4, 0.5) is 102 Å². The molecule has 0 unspecified atom stereocenters. The molecule has 6 nitrogen and oxygen atoms in total. The van der Waals surface area contributed by atoms with E-state index in [0.717, 1.165) is 51.9 Å². The Hall–Kier alpha value is -11.1. The molecule has 0 aliphatic carbocycles. The number of fused-ring (bicyclic) bond motifs is 14. The highest BCUT2D eigenvalue weighted by Crippen LogP contribution is 2.54. The van der Waals surface area contributed by atoms with Crippen molar-refractivity contribution in [3.63, 3.8) is 0 Å². The maximum Gasteiger partial charge on any atom is 0.252 e. The lowest BCUT2D eigenvalue weighted by Crippen LogP contribution is -2.72. The van der Waals surface area contributed by atoms with Gasteiger partial charge in [-0.1, -0.05) is 204 Å². The van der Waals surface area contributed by atoms with E-state index >= 15 is 0 Å². The molecule has 6 aliphatic heterocycles. The van der Waals surface area contributed by atoms with Crippen molar-refractivity contribution >= 4 is 172 Å². The maximum absolute atomic E-state index is 2.76. The Morgan fingerprint density at radius 2 is 0.624 bits per heavy atom. The van der Waals surface area contributed by atoms with Gasteiger partial charge in [-0.2, -0.15) is 0 Å². The van der Waals surface area contributed by atoms with Crippen LogP contribution in [-0.4, -0.2) is 20.1 Å². The van der Waals surface area contributed by atoms with Crippen LogP contribution in [0.2, 0.25) is 0 Å². The molecular formula is C84H63B3N6. The molecule has 93 heavy (non-hydrogen) atoms. The Bertz CT molecular complexity index is 5100. The van der Waals surface area contributed by atoms with E-state index in [4.69, 9.17) is 0 Å². The molecule has 9 heteroatoms. The van der Waals surface area contributed by atoms with Gasteiger partial charge in [0.15, 0.2) is 0 Å². The summed E-state index contributed by atoms with van der Waals surface area (Å²) in [6, 6.07) is 112. The zero-order chi connectivity index (χ0) is 61.8. The van der Waals surface area contributed by atoms with Crippen LogP contribution in [0.3, 0.4) is 0 Å². The lowest BCUT2D eigenvalue weighted by Gasteiger charge is -2.53. The number of hydrogen-bond donors (Lipinski definition) is 0. The third kappa shape index (κ3) is 7.86. The van der Waals surface area contributed by atoms with Crippen LogP contribution in [0.25, 0.3) is 0 Å². The molecule has 0 atom stereocenters. The molecule has 0 saturated heterocycles. The van der Waals surface area contributed by atoms with Crippen LogP contribution in [0.5, 0.6) is 0 Å². The van der Waals surface area contributed by atoms with Gasteiger partial charge in [-0.25, -0.2) is 0 Å². The monoisotopic (exact) mass is 1190 g/mol. The van der Waals surface area contributed by atoms with Crippen LogP contribution < -0.4 is 78.6 Å². The summed E-state index contributed by atoms with van der Waals surface area (Å²) in [5.41, 5.74) is 35.3. The number of para-hydroxylation sites is 8. The van der Waals surface area contributed by atoms with Gasteiger partial charge < -0.3 is 29.4 Å². The first kappa shape index (κ1) is 53.7. The number of anilines is 18.